The minimum atomic E-state index is -3.23. The van der Waals surface area contributed by atoms with E-state index in [2.05, 4.69) is 6.92 Å². The Balaban J connectivity index is 0. The molecule has 0 rings (SSSR count). The molecule has 0 fully saturated rings. The third-order valence-corrected chi connectivity index (χ3v) is 3.15. The maximum Gasteiger partial charge on any atom is 0.328 e. The summed E-state index contributed by atoms with van der Waals surface area (Å²) in [5.74, 6) is 0. The topological polar surface area (TPSA) is 46.5 Å². The van der Waals surface area contributed by atoms with E-state index in [0.717, 1.165) is 19.3 Å². The van der Waals surface area contributed by atoms with E-state index in [1.165, 1.54) is 0 Å². The fraction of sp³-hybridized carbons (Fsp3) is 1.00. The van der Waals surface area contributed by atoms with Crippen LogP contribution >= 0.6 is 7.60 Å². The van der Waals surface area contributed by atoms with Crippen LogP contribution in [0.5, 0.6) is 0 Å². The van der Waals surface area contributed by atoms with Crippen molar-refractivity contribution in [2.75, 3.05) is 12.8 Å². The first kappa shape index (κ1) is 16.2. The molecule has 0 heterocycles. The molecule has 3 nitrogen and oxygen atoms in total. The average molecular weight is 260 g/mol. The summed E-state index contributed by atoms with van der Waals surface area (Å²) in [7, 11) is -3.23. The van der Waals surface area contributed by atoms with Gasteiger partial charge >= 0.3 is 7.60 Å². The van der Waals surface area contributed by atoms with Crippen LogP contribution in [0.2, 0.25) is 0 Å². The minimum absolute atomic E-state index is 0. The van der Waals surface area contributed by atoms with E-state index in [9.17, 15) is 4.57 Å². The van der Waals surface area contributed by atoms with Gasteiger partial charge in [0.1, 0.15) is 0 Å². The molecule has 0 aliphatic rings. The number of hydrogen-bond acceptors (Lipinski definition) is 2. The Morgan fingerprint density at radius 2 is 1.85 bits per heavy atom. The van der Waals surface area contributed by atoms with E-state index >= 15 is 0 Å². The second-order valence-corrected chi connectivity index (χ2v) is 4.88. The monoisotopic (exact) mass is 258 g/mol. The molecule has 1 unspecified atom stereocenters. The van der Waals surface area contributed by atoms with Crippen LogP contribution in [0.3, 0.4) is 0 Å². The van der Waals surface area contributed by atoms with Crippen molar-refractivity contribution in [3.8, 4) is 0 Å². The Morgan fingerprint density at radius 1 is 1.23 bits per heavy atom. The summed E-state index contributed by atoms with van der Waals surface area (Å²) in [5.41, 5.74) is 0. The Bertz CT molecular complexity index is 152. The molecule has 1 N–H and O–H groups in total. The molecule has 0 aromatic carbocycles. The van der Waals surface area contributed by atoms with Crippen molar-refractivity contribution in [3.05, 3.63) is 0 Å². The van der Waals surface area contributed by atoms with Crippen molar-refractivity contribution >= 4 is 7.60 Å². The van der Waals surface area contributed by atoms with Gasteiger partial charge in [-0.05, 0) is 12.8 Å². The minimum Gasteiger partial charge on any atom is -0.324 e. The van der Waals surface area contributed by atoms with Crippen LogP contribution in [0.4, 0.5) is 0 Å². The summed E-state index contributed by atoms with van der Waals surface area (Å²) in [6.07, 6.45) is 4.02. The van der Waals surface area contributed by atoms with Crippen LogP contribution in [0.15, 0.2) is 0 Å². The van der Waals surface area contributed by atoms with Gasteiger partial charge in [0.15, 0.2) is 0 Å². The Kier molecular flexibility index (Phi) is 11.6. The van der Waals surface area contributed by atoms with E-state index in [4.69, 9.17) is 9.42 Å². The van der Waals surface area contributed by atoms with Crippen molar-refractivity contribution in [2.45, 2.75) is 39.5 Å². The van der Waals surface area contributed by atoms with E-state index < -0.39 is 7.60 Å². The molecule has 0 amide bonds. The zero-order valence-electron chi connectivity index (χ0n) is 8.66. The molecule has 0 bridgehead atoms. The molecule has 0 radical (unpaired) electrons. The van der Waals surface area contributed by atoms with Crippen LogP contribution < -0.4 is 0 Å². The summed E-state index contributed by atoms with van der Waals surface area (Å²) < 4.78 is 16.0. The van der Waals surface area contributed by atoms with Gasteiger partial charge < -0.3 is 9.42 Å². The first-order chi connectivity index (χ1) is 5.62. The maximum atomic E-state index is 11.1. The molecule has 0 spiro atoms. The third kappa shape index (κ3) is 10.7. The number of hydrogen-bond donors (Lipinski definition) is 1. The quantitative estimate of drug-likeness (QED) is 0.434. The van der Waals surface area contributed by atoms with Crippen LogP contribution in [0.25, 0.3) is 0 Å². The molecule has 5 heteroatoms. The van der Waals surface area contributed by atoms with Crippen molar-refractivity contribution in [3.63, 3.8) is 0 Å². The van der Waals surface area contributed by atoms with Gasteiger partial charge in [-0.2, -0.15) is 0 Å². The summed E-state index contributed by atoms with van der Waals surface area (Å²) in [4.78, 5) is 9.15. The van der Waals surface area contributed by atoms with Crippen molar-refractivity contribution in [2.24, 2.45) is 0 Å². The molecule has 13 heavy (non-hydrogen) atoms. The average Bonchev–Trinajstić information content (AvgIpc) is 1.98. The van der Waals surface area contributed by atoms with E-state index in [1.54, 1.807) is 0 Å². The standard InChI is InChI=1S/C8H19O3P.Zn/c1-3-5-6-7-11-12(9,10)8-4-2;/h3-8H2,1-2H3,(H,9,10);. The van der Waals surface area contributed by atoms with Crippen LogP contribution in [-0.2, 0) is 28.6 Å². The Hall–Kier alpha value is 0.773. The molecular formula is C8H19O3PZn. The largest absolute Gasteiger partial charge is 0.328 e. The van der Waals surface area contributed by atoms with Crippen molar-refractivity contribution in [1.82, 2.24) is 0 Å². The molecule has 0 saturated heterocycles. The molecular weight excluding hydrogens is 240 g/mol. The van der Waals surface area contributed by atoms with Gasteiger partial charge in [-0.1, -0.05) is 26.7 Å². The zero-order valence-corrected chi connectivity index (χ0v) is 12.5. The normalized spacial score (nSPS) is 14.7. The Morgan fingerprint density at radius 3 is 2.31 bits per heavy atom. The van der Waals surface area contributed by atoms with E-state index in [1.807, 2.05) is 6.92 Å². The fourth-order valence-corrected chi connectivity index (χ4v) is 2.02. The van der Waals surface area contributed by atoms with Gasteiger partial charge in [-0.15, -0.1) is 0 Å². The summed E-state index contributed by atoms with van der Waals surface area (Å²) in [6.45, 7) is 4.38. The van der Waals surface area contributed by atoms with Crippen LogP contribution in [0.1, 0.15) is 39.5 Å². The fourth-order valence-electron chi connectivity index (χ4n) is 0.906. The predicted molar refractivity (Wildman–Crippen MR) is 50.5 cm³/mol. The van der Waals surface area contributed by atoms with Gasteiger partial charge in [-0.3, -0.25) is 4.57 Å². The smallest absolute Gasteiger partial charge is 0.324 e. The number of rotatable bonds is 7. The molecule has 0 aliphatic carbocycles. The summed E-state index contributed by atoms with van der Waals surface area (Å²) in [6, 6.07) is 0. The second kappa shape index (κ2) is 9.33. The van der Waals surface area contributed by atoms with E-state index in [0.29, 0.717) is 13.0 Å². The first-order valence-electron chi connectivity index (χ1n) is 4.58. The van der Waals surface area contributed by atoms with Gasteiger partial charge in [0.2, 0.25) is 0 Å². The molecule has 76 valence electrons. The second-order valence-electron chi connectivity index (χ2n) is 2.90. The summed E-state index contributed by atoms with van der Waals surface area (Å²) >= 11 is 0. The zero-order chi connectivity index (χ0) is 9.45. The maximum absolute atomic E-state index is 11.1. The van der Waals surface area contributed by atoms with Crippen LogP contribution in [-0.4, -0.2) is 17.7 Å². The Labute approximate surface area is 93.5 Å². The van der Waals surface area contributed by atoms with Gasteiger partial charge in [0, 0.05) is 25.6 Å². The third-order valence-electron chi connectivity index (χ3n) is 1.55. The molecule has 0 aromatic heterocycles. The summed E-state index contributed by atoms with van der Waals surface area (Å²) in [5, 5.41) is 0. The van der Waals surface area contributed by atoms with Gasteiger partial charge in [0.05, 0.1) is 6.61 Å². The first-order valence-corrected chi connectivity index (χ1v) is 6.35. The van der Waals surface area contributed by atoms with E-state index in [-0.39, 0.29) is 25.6 Å². The van der Waals surface area contributed by atoms with Gasteiger partial charge in [-0.25, -0.2) is 0 Å². The van der Waals surface area contributed by atoms with Crippen molar-refractivity contribution < 1.29 is 33.5 Å². The number of unbranched alkanes of at least 4 members (excludes halogenated alkanes) is 2. The van der Waals surface area contributed by atoms with Gasteiger partial charge in [0.25, 0.3) is 0 Å². The molecule has 0 saturated carbocycles. The molecule has 0 aliphatic heterocycles. The SMILES string of the molecule is CCCCCOP(=O)(O)CCC.[Zn]. The van der Waals surface area contributed by atoms with Crippen molar-refractivity contribution in [1.29, 1.82) is 0 Å². The molecule has 0 aromatic rings. The van der Waals surface area contributed by atoms with Crippen LogP contribution in [0, 0.1) is 0 Å². The predicted octanol–water partition coefficient (Wildman–Crippen LogP) is 2.79. The molecule has 1 atom stereocenters.